The van der Waals surface area contributed by atoms with Gasteiger partial charge in [0.25, 0.3) is 0 Å². The van der Waals surface area contributed by atoms with E-state index >= 15 is 4.57 Å². The summed E-state index contributed by atoms with van der Waals surface area (Å²) in [6.45, 7) is 13.8. The molecule has 6 heteroatoms. The Kier molecular flexibility index (Phi) is 5.11. The normalized spacial score (nSPS) is 23.2. The van der Waals surface area contributed by atoms with Gasteiger partial charge in [-0.2, -0.15) is 0 Å². The number of benzene rings is 3. The first-order valence-corrected chi connectivity index (χ1v) is 15.5. The first-order valence-electron chi connectivity index (χ1n) is 11.7. The van der Waals surface area contributed by atoms with E-state index in [1.54, 1.807) is 0 Å². The Labute approximate surface area is 197 Å². The second kappa shape index (κ2) is 7.44. The minimum Gasteiger partial charge on any atom is -0.314 e. The Bertz CT molecular complexity index is 1370. The van der Waals surface area contributed by atoms with E-state index in [0.29, 0.717) is 13.1 Å². The lowest BCUT2D eigenvalue weighted by Crippen LogP contribution is -2.46. The van der Waals surface area contributed by atoms with Crippen molar-refractivity contribution in [3.63, 3.8) is 0 Å². The smallest absolute Gasteiger partial charge is 0.211 e. The number of rotatable bonds is 3. The van der Waals surface area contributed by atoms with Gasteiger partial charge in [0, 0.05) is 23.7 Å². The summed E-state index contributed by atoms with van der Waals surface area (Å²) in [6.07, 6.45) is 0. The van der Waals surface area contributed by atoms with Crippen LogP contribution in [-0.2, 0) is 14.5 Å². The number of hydrogen-bond acceptors (Lipinski definition) is 3. The van der Waals surface area contributed by atoms with Gasteiger partial charge in [-0.25, -0.2) is 4.67 Å². The Morgan fingerprint density at radius 3 is 1.88 bits per heavy atom. The van der Waals surface area contributed by atoms with Gasteiger partial charge in [0.15, 0.2) is 0 Å². The highest BCUT2D eigenvalue weighted by Gasteiger charge is 2.49. The molecule has 5 rings (SSSR count). The van der Waals surface area contributed by atoms with Crippen LogP contribution in [0.5, 0.6) is 0 Å². The molecule has 4 nitrogen and oxygen atoms in total. The van der Waals surface area contributed by atoms with Crippen LogP contribution in [-0.4, -0.2) is 24.4 Å². The van der Waals surface area contributed by atoms with Crippen molar-refractivity contribution < 1.29 is 9.13 Å². The topological polar surface area (TPSA) is 40.6 Å². The molecule has 2 aliphatic heterocycles. The quantitative estimate of drug-likeness (QED) is 0.460. The van der Waals surface area contributed by atoms with E-state index < -0.39 is 14.4 Å². The molecule has 0 aromatic heterocycles. The van der Waals surface area contributed by atoms with Gasteiger partial charge in [-0.05, 0) is 54.0 Å². The van der Waals surface area contributed by atoms with E-state index in [1.165, 1.54) is 0 Å². The summed E-state index contributed by atoms with van der Waals surface area (Å²) in [6, 6.07) is 20.3. The highest BCUT2D eigenvalue weighted by atomic mass is 31.2. The zero-order chi connectivity index (χ0) is 23.8. The fourth-order valence-electron chi connectivity index (χ4n) is 5.30. The number of hydrogen-bond donors (Lipinski definition) is 0. The van der Waals surface area contributed by atoms with Crippen LogP contribution in [0.25, 0.3) is 0 Å². The van der Waals surface area contributed by atoms with Crippen LogP contribution < -0.4 is 26.1 Å². The minimum atomic E-state index is -3.14. The van der Waals surface area contributed by atoms with E-state index in [9.17, 15) is 4.57 Å². The van der Waals surface area contributed by atoms with Crippen molar-refractivity contribution >= 4 is 52.7 Å². The van der Waals surface area contributed by atoms with Gasteiger partial charge in [0.05, 0.1) is 27.7 Å². The van der Waals surface area contributed by atoms with Crippen molar-refractivity contribution in [2.75, 3.05) is 24.7 Å². The van der Waals surface area contributed by atoms with E-state index in [1.807, 2.05) is 49.1 Å². The summed E-state index contributed by atoms with van der Waals surface area (Å²) >= 11 is 0. The Morgan fingerprint density at radius 1 is 0.788 bits per heavy atom. The minimum absolute atomic E-state index is 0.168. The second-order valence-electron chi connectivity index (χ2n) is 10.1. The van der Waals surface area contributed by atoms with E-state index in [4.69, 9.17) is 0 Å². The molecule has 0 spiro atoms. The molecule has 0 N–H and O–H groups in total. The number of fused-ring (bicyclic) bond motifs is 4. The highest BCUT2D eigenvalue weighted by molar-refractivity contribution is 7.80. The predicted molar refractivity (Wildman–Crippen MR) is 142 cm³/mol. The van der Waals surface area contributed by atoms with Gasteiger partial charge >= 0.3 is 0 Å². The zero-order valence-electron chi connectivity index (χ0n) is 20.3. The lowest BCUT2D eigenvalue weighted by molar-refractivity contribution is 0.458. The standard InChI is InChI=1S/C27H32N2O2P2/c1-7-28(8-2)33(31)23-16-12-10-14-21(23)29-20-13-9-11-15-22(20)32(6,30)24-17-19(27(3,4)5)18-25(33)26(24)29/h9-18H,7-8H2,1-6H3. The molecule has 3 aromatic rings. The molecule has 2 atom stereocenters. The maximum absolute atomic E-state index is 15.3. The predicted octanol–water partition coefficient (Wildman–Crippen LogP) is 5.60. The van der Waals surface area contributed by atoms with Crippen LogP contribution in [0.1, 0.15) is 40.2 Å². The molecule has 33 heavy (non-hydrogen) atoms. The van der Waals surface area contributed by atoms with Crippen LogP contribution in [0.2, 0.25) is 0 Å². The lowest BCUT2D eigenvalue weighted by atomic mass is 9.87. The summed E-state index contributed by atoms with van der Waals surface area (Å²) in [4.78, 5) is 2.21. The first kappa shape index (κ1) is 22.7. The van der Waals surface area contributed by atoms with Gasteiger partial charge in [0.2, 0.25) is 7.29 Å². The summed E-state index contributed by atoms with van der Waals surface area (Å²) in [7, 11) is -6.04. The average Bonchev–Trinajstić information content (AvgIpc) is 2.79. The van der Waals surface area contributed by atoms with Crippen LogP contribution in [0.15, 0.2) is 60.7 Å². The van der Waals surface area contributed by atoms with Crippen molar-refractivity contribution in [1.82, 2.24) is 4.67 Å². The third-order valence-corrected chi connectivity index (χ3v) is 13.1. The molecule has 2 unspecified atom stereocenters. The number of nitrogens with zero attached hydrogens (tertiary/aromatic N) is 2. The van der Waals surface area contributed by atoms with Crippen LogP contribution in [0, 0.1) is 0 Å². The maximum Gasteiger partial charge on any atom is 0.211 e. The molecule has 172 valence electrons. The zero-order valence-corrected chi connectivity index (χ0v) is 22.1. The van der Waals surface area contributed by atoms with E-state index in [-0.39, 0.29) is 5.41 Å². The van der Waals surface area contributed by atoms with Gasteiger partial charge < -0.3 is 9.46 Å². The molecule has 0 fully saturated rings. The maximum atomic E-state index is 15.3. The monoisotopic (exact) mass is 478 g/mol. The Morgan fingerprint density at radius 2 is 1.30 bits per heavy atom. The van der Waals surface area contributed by atoms with Crippen LogP contribution >= 0.6 is 14.4 Å². The Hall–Kier alpha value is -2.12. The fourth-order valence-corrected chi connectivity index (χ4v) is 10.9. The molecule has 3 aromatic carbocycles. The van der Waals surface area contributed by atoms with Crippen molar-refractivity contribution in [2.45, 2.75) is 40.0 Å². The SMILES string of the molecule is CCN(CC)P1(=O)c2ccccc2N2c3ccccc3P(C)(=O)c3cc(C(C)(C)C)cc1c32. The molecule has 2 heterocycles. The van der Waals surface area contributed by atoms with Crippen LogP contribution in [0.4, 0.5) is 17.1 Å². The van der Waals surface area contributed by atoms with Crippen molar-refractivity contribution in [3.8, 4) is 0 Å². The summed E-state index contributed by atoms with van der Waals surface area (Å²) < 4.78 is 31.9. The van der Waals surface area contributed by atoms with Crippen molar-refractivity contribution in [2.24, 2.45) is 0 Å². The summed E-state index contributed by atoms with van der Waals surface area (Å²) in [5.41, 5.74) is 3.63. The third-order valence-electron chi connectivity index (χ3n) is 7.11. The average molecular weight is 479 g/mol. The van der Waals surface area contributed by atoms with Gasteiger partial charge in [-0.3, -0.25) is 4.57 Å². The van der Waals surface area contributed by atoms with Crippen molar-refractivity contribution in [1.29, 1.82) is 0 Å². The first-order chi connectivity index (χ1) is 15.6. The third kappa shape index (κ3) is 3.01. The van der Waals surface area contributed by atoms with E-state index in [0.717, 1.165) is 43.8 Å². The van der Waals surface area contributed by atoms with Crippen molar-refractivity contribution in [3.05, 3.63) is 66.2 Å². The molecule has 0 bridgehead atoms. The number of para-hydroxylation sites is 2. The Balaban J connectivity index is 2.01. The molecule has 0 saturated heterocycles. The number of anilines is 3. The van der Waals surface area contributed by atoms with E-state index in [2.05, 4.69) is 62.4 Å². The molecule has 0 amide bonds. The molecular formula is C27H32N2O2P2. The highest BCUT2D eigenvalue weighted by Crippen LogP contribution is 2.61. The molecule has 2 aliphatic rings. The molecular weight excluding hydrogens is 446 g/mol. The molecule has 0 aliphatic carbocycles. The summed E-state index contributed by atoms with van der Waals surface area (Å²) in [5, 5.41) is 3.37. The fraction of sp³-hybridized carbons (Fsp3) is 0.333. The molecule has 0 radical (unpaired) electrons. The van der Waals surface area contributed by atoms with Crippen LogP contribution in [0.3, 0.4) is 0 Å². The lowest BCUT2D eigenvalue weighted by Gasteiger charge is -2.46. The van der Waals surface area contributed by atoms with Gasteiger partial charge in [-0.1, -0.05) is 58.9 Å². The second-order valence-corrected chi connectivity index (χ2v) is 15.6. The summed E-state index contributed by atoms with van der Waals surface area (Å²) in [5.74, 6) is 0. The molecule has 0 saturated carbocycles. The van der Waals surface area contributed by atoms with Gasteiger partial charge in [-0.15, -0.1) is 0 Å². The van der Waals surface area contributed by atoms with Gasteiger partial charge in [0.1, 0.15) is 7.14 Å². The largest absolute Gasteiger partial charge is 0.314 e.